The molecule has 0 aromatic heterocycles. The quantitative estimate of drug-likeness (QED) is 0.799. The molecule has 0 bridgehead atoms. The van der Waals surface area contributed by atoms with Crippen molar-refractivity contribution in [3.63, 3.8) is 0 Å². The summed E-state index contributed by atoms with van der Waals surface area (Å²) in [4.78, 5) is 0. The van der Waals surface area contributed by atoms with Gasteiger partial charge >= 0.3 is 0 Å². The maximum atomic E-state index is 9.42. The van der Waals surface area contributed by atoms with Gasteiger partial charge in [0.2, 0.25) is 0 Å². The normalized spacial score (nSPS) is 10.1. The van der Waals surface area contributed by atoms with E-state index < -0.39 is 0 Å². The first-order valence-corrected chi connectivity index (χ1v) is 6.54. The number of phenolic OH excluding ortho intramolecular Hbond substituents is 1. The second-order valence-electron chi connectivity index (χ2n) is 5.06. The van der Waals surface area contributed by atoms with Crippen LogP contribution in [0, 0.1) is 17.8 Å². The lowest BCUT2D eigenvalue weighted by Crippen LogP contribution is -1.96. The average molecular weight is 250 g/mol. The molecule has 1 heteroatoms. The van der Waals surface area contributed by atoms with E-state index in [4.69, 9.17) is 0 Å². The molecule has 0 aliphatic rings. The zero-order chi connectivity index (χ0) is 13.7. The van der Waals surface area contributed by atoms with Crippen LogP contribution in [0.1, 0.15) is 30.5 Å². The molecule has 0 amide bonds. The summed E-state index contributed by atoms with van der Waals surface area (Å²) in [7, 11) is 0. The van der Waals surface area contributed by atoms with Gasteiger partial charge in [0, 0.05) is 11.1 Å². The summed E-state index contributed by atoms with van der Waals surface area (Å²) in [5, 5.41) is 9.42. The van der Waals surface area contributed by atoms with Gasteiger partial charge in [0.1, 0.15) is 5.75 Å². The number of hydrogen-bond donors (Lipinski definition) is 1. The zero-order valence-corrected chi connectivity index (χ0v) is 11.4. The average Bonchev–Trinajstić information content (AvgIpc) is 2.37. The van der Waals surface area contributed by atoms with Gasteiger partial charge in [0.25, 0.3) is 0 Å². The Balaban J connectivity index is 2.29. The van der Waals surface area contributed by atoms with E-state index in [1.807, 2.05) is 18.2 Å². The highest BCUT2D eigenvalue weighted by Gasteiger charge is 2.01. The standard InChI is InChI=1S/C18H18O/c1-14(2)12-17-8-4-3-7-16(17)11-10-15-6-5-9-18(19)13-15/h3-9,13-14,19H,12H2,1-2H3. The minimum atomic E-state index is 0.252. The first kappa shape index (κ1) is 13.2. The van der Waals surface area contributed by atoms with Gasteiger partial charge < -0.3 is 5.11 Å². The molecule has 2 rings (SSSR count). The highest BCUT2D eigenvalue weighted by Crippen LogP contribution is 2.14. The maximum absolute atomic E-state index is 9.42. The fourth-order valence-electron chi connectivity index (χ4n) is 1.98. The van der Waals surface area contributed by atoms with Crippen molar-refractivity contribution in [1.29, 1.82) is 0 Å². The van der Waals surface area contributed by atoms with E-state index in [-0.39, 0.29) is 5.75 Å². The predicted octanol–water partition coefficient (Wildman–Crippen LogP) is 3.99. The van der Waals surface area contributed by atoms with Gasteiger partial charge in [-0.25, -0.2) is 0 Å². The SMILES string of the molecule is CC(C)Cc1ccccc1C#Cc1cccc(O)c1. The number of phenols is 1. The van der Waals surface area contributed by atoms with Crippen LogP contribution in [0.2, 0.25) is 0 Å². The van der Waals surface area contributed by atoms with E-state index in [1.54, 1.807) is 18.2 Å². The van der Waals surface area contributed by atoms with Gasteiger partial charge in [-0.2, -0.15) is 0 Å². The van der Waals surface area contributed by atoms with Crippen molar-refractivity contribution >= 4 is 0 Å². The number of hydrogen-bond acceptors (Lipinski definition) is 1. The topological polar surface area (TPSA) is 20.2 Å². The molecule has 0 saturated carbocycles. The summed E-state index contributed by atoms with van der Waals surface area (Å²) in [5.74, 6) is 7.17. The zero-order valence-electron chi connectivity index (χ0n) is 11.4. The number of aromatic hydroxyl groups is 1. The minimum Gasteiger partial charge on any atom is -0.508 e. The van der Waals surface area contributed by atoms with Gasteiger partial charge in [-0.3, -0.25) is 0 Å². The lowest BCUT2D eigenvalue weighted by atomic mass is 9.98. The van der Waals surface area contributed by atoms with Crippen LogP contribution < -0.4 is 0 Å². The van der Waals surface area contributed by atoms with Gasteiger partial charge in [-0.15, -0.1) is 0 Å². The molecule has 96 valence electrons. The summed E-state index contributed by atoms with van der Waals surface area (Å²) < 4.78 is 0. The van der Waals surface area contributed by atoms with Gasteiger partial charge in [-0.05, 0) is 42.2 Å². The van der Waals surface area contributed by atoms with Crippen molar-refractivity contribution in [3.05, 3.63) is 65.2 Å². The molecule has 0 spiro atoms. The summed E-state index contributed by atoms with van der Waals surface area (Å²) in [6.07, 6.45) is 1.03. The van der Waals surface area contributed by atoms with E-state index in [2.05, 4.69) is 37.8 Å². The molecule has 0 aliphatic carbocycles. The molecular formula is C18H18O. The molecule has 0 heterocycles. The fourth-order valence-corrected chi connectivity index (χ4v) is 1.98. The van der Waals surface area contributed by atoms with E-state index >= 15 is 0 Å². The Morgan fingerprint density at radius 1 is 1.00 bits per heavy atom. The summed E-state index contributed by atoms with van der Waals surface area (Å²) in [6.45, 7) is 4.42. The third-order valence-corrected chi connectivity index (χ3v) is 2.83. The minimum absolute atomic E-state index is 0.252. The van der Waals surface area contributed by atoms with Crippen molar-refractivity contribution in [2.24, 2.45) is 5.92 Å². The van der Waals surface area contributed by atoms with Gasteiger partial charge in [0.15, 0.2) is 0 Å². The summed E-state index contributed by atoms with van der Waals surface area (Å²) in [6, 6.07) is 15.3. The second-order valence-corrected chi connectivity index (χ2v) is 5.06. The lowest BCUT2D eigenvalue weighted by Gasteiger charge is -2.06. The first-order valence-electron chi connectivity index (χ1n) is 6.54. The van der Waals surface area contributed by atoms with Crippen LogP contribution in [0.25, 0.3) is 0 Å². The van der Waals surface area contributed by atoms with Crippen molar-refractivity contribution in [2.75, 3.05) is 0 Å². The molecule has 2 aromatic carbocycles. The fraction of sp³-hybridized carbons (Fsp3) is 0.222. The van der Waals surface area contributed by atoms with Crippen LogP contribution in [0.3, 0.4) is 0 Å². The van der Waals surface area contributed by atoms with Crippen LogP contribution >= 0.6 is 0 Å². The summed E-state index contributed by atoms with van der Waals surface area (Å²) in [5.41, 5.74) is 3.18. The molecule has 19 heavy (non-hydrogen) atoms. The van der Waals surface area contributed by atoms with Crippen LogP contribution in [0.5, 0.6) is 5.75 Å². The Morgan fingerprint density at radius 2 is 1.79 bits per heavy atom. The van der Waals surface area contributed by atoms with Crippen LogP contribution in [0.4, 0.5) is 0 Å². The van der Waals surface area contributed by atoms with Crippen molar-refractivity contribution < 1.29 is 5.11 Å². The molecule has 0 radical (unpaired) electrons. The van der Waals surface area contributed by atoms with Crippen molar-refractivity contribution in [1.82, 2.24) is 0 Å². The molecule has 0 unspecified atom stereocenters. The highest BCUT2D eigenvalue weighted by atomic mass is 16.3. The van der Waals surface area contributed by atoms with Gasteiger partial charge in [-0.1, -0.05) is 50.0 Å². The van der Waals surface area contributed by atoms with Gasteiger partial charge in [0.05, 0.1) is 0 Å². The Bertz CT molecular complexity index is 615. The van der Waals surface area contributed by atoms with E-state index in [0.29, 0.717) is 5.92 Å². The monoisotopic (exact) mass is 250 g/mol. The third-order valence-electron chi connectivity index (χ3n) is 2.83. The van der Waals surface area contributed by atoms with Crippen LogP contribution in [-0.4, -0.2) is 5.11 Å². The highest BCUT2D eigenvalue weighted by molar-refractivity contribution is 5.47. The Hall–Kier alpha value is -2.20. The Kier molecular flexibility index (Phi) is 4.26. The molecule has 1 nitrogen and oxygen atoms in total. The molecular weight excluding hydrogens is 232 g/mol. The first-order chi connectivity index (χ1) is 9.15. The van der Waals surface area contributed by atoms with E-state index in [1.165, 1.54) is 5.56 Å². The third kappa shape index (κ3) is 3.89. The molecule has 1 N–H and O–H groups in total. The predicted molar refractivity (Wildman–Crippen MR) is 79.1 cm³/mol. The smallest absolute Gasteiger partial charge is 0.116 e. The largest absolute Gasteiger partial charge is 0.508 e. The van der Waals surface area contributed by atoms with Crippen LogP contribution in [0.15, 0.2) is 48.5 Å². The Morgan fingerprint density at radius 3 is 2.53 bits per heavy atom. The van der Waals surface area contributed by atoms with Crippen molar-refractivity contribution in [2.45, 2.75) is 20.3 Å². The molecule has 2 aromatic rings. The van der Waals surface area contributed by atoms with Crippen molar-refractivity contribution in [3.8, 4) is 17.6 Å². The molecule has 0 aliphatic heterocycles. The summed E-state index contributed by atoms with van der Waals surface area (Å²) >= 11 is 0. The number of benzene rings is 2. The Labute approximate surface area is 114 Å². The lowest BCUT2D eigenvalue weighted by molar-refractivity contribution is 0.475. The molecule has 0 saturated heterocycles. The molecule has 0 fully saturated rings. The second kappa shape index (κ2) is 6.11. The van der Waals surface area contributed by atoms with E-state index in [9.17, 15) is 5.11 Å². The van der Waals surface area contributed by atoms with Crippen LogP contribution in [-0.2, 0) is 6.42 Å². The maximum Gasteiger partial charge on any atom is 0.116 e. The number of rotatable bonds is 2. The van der Waals surface area contributed by atoms with E-state index in [0.717, 1.165) is 17.5 Å². The molecule has 0 atom stereocenters.